The number of nitrogens with two attached hydrogens (primary N) is 1. The third-order valence-corrected chi connectivity index (χ3v) is 7.77. The first kappa shape index (κ1) is 26.4. The van der Waals surface area contributed by atoms with Gasteiger partial charge in [0.2, 0.25) is 0 Å². The largest absolute Gasteiger partial charge is 0.401 e. The van der Waals surface area contributed by atoms with Gasteiger partial charge < -0.3 is 15.5 Å². The molecule has 0 saturated carbocycles. The number of hydrogen-bond donors (Lipinski definition) is 1. The van der Waals surface area contributed by atoms with Crippen LogP contribution in [-0.2, 0) is 6.42 Å². The van der Waals surface area contributed by atoms with E-state index in [9.17, 15) is 4.39 Å². The lowest BCUT2D eigenvalue weighted by Gasteiger charge is -2.39. The van der Waals surface area contributed by atoms with Crippen molar-refractivity contribution in [3.63, 3.8) is 0 Å². The van der Waals surface area contributed by atoms with E-state index in [2.05, 4.69) is 59.4 Å². The molecule has 0 bridgehead atoms. The van der Waals surface area contributed by atoms with E-state index in [1.807, 2.05) is 6.20 Å². The number of likely N-dealkylation sites (tertiary alicyclic amines) is 2. The summed E-state index contributed by atoms with van der Waals surface area (Å²) in [5.41, 5.74) is 11.3. The molecule has 0 spiro atoms. The van der Waals surface area contributed by atoms with Gasteiger partial charge >= 0.3 is 0 Å². The van der Waals surface area contributed by atoms with Gasteiger partial charge in [-0.15, -0.1) is 0 Å². The van der Waals surface area contributed by atoms with Crippen molar-refractivity contribution in [2.24, 2.45) is 11.7 Å². The average molecular weight is 491 g/mol. The summed E-state index contributed by atoms with van der Waals surface area (Å²) in [6.45, 7) is 15.2. The third kappa shape index (κ3) is 6.97. The Labute approximate surface area is 217 Å². The van der Waals surface area contributed by atoms with Crippen LogP contribution in [0.1, 0.15) is 63.6 Å². The van der Waals surface area contributed by atoms with Crippen molar-refractivity contribution in [1.29, 1.82) is 0 Å². The summed E-state index contributed by atoms with van der Waals surface area (Å²) in [6.07, 6.45) is 9.85. The molecule has 4 nitrogen and oxygen atoms in total. The topological polar surface area (TPSA) is 45.4 Å². The van der Waals surface area contributed by atoms with Crippen molar-refractivity contribution < 1.29 is 4.39 Å². The van der Waals surface area contributed by atoms with E-state index in [1.54, 1.807) is 13.8 Å². The summed E-state index contributed by atoms with van der Waals surface area (Å²) in [5, 5.41) is 0. The van der Waals surface area contributed by atoms with Crippen molar-refractivity contribution in [3.8, 4) is 11.1 Å². The van der Waals surface area contributed by atoms with Gasteiger partial charge in [0.05, 0.1) is 6.04 Å². The Morgan fingerprint density at radius 3 is 2.31 bits per heavy atom. The Bertz CT molecular complexity index is 1010. The van der Waals surface area contributed by atoms with Crippen LogP contribution in [0.3, 0.4) is 0 Å². The number of benzene rings is 1. The number of aryl methyl sites for hydroxylation is 1. The number of piperidine rings is 2. The molecule has 1 aromatic heterocycles. The highest BCUT2D eigenvalue weighted by atomic mass is 19.1. The first-order valence-corrected chi connectivity index (χ1v) is 13.6. The molecule has 2 fully saturated rings. The number of nitrogens with zero attached hydrogens (tertiary/aromatic N) is 3. The molecule has 1 unspecified atom stereocenters. The van der Waals surface area contributed by atoms with E-state index in [0.29, 0.717) is 12.5 Å². The Balaban J connectivity index is 1.29. The summed E-state index contributed by atoms with van der Waals surface area (Å²) < 4.78 is 13.9. The maximum atomic E-state index is 13.9. The lowest BCUT2D eigenvalue weighted by atomic mass is 9.91. The van der Waals surface area contributed by atoms with E-state index in [-0.39, 0.29) is 6.04 Å². The second-order valence-electron chi connectivity index (χ2n) is 11.3. The summed E-state index contributed by atoms with van der Waals surface area (Å²) >= 11 is 0. The molecular formula is C31H43FN4. The van der Waals surface area contributed by atoms with Crippen molar-refractivity contribution in [1.82, 2.24) is 14.8 Å². The van der Waals surface area contributed by atoms with Crippen LogP contribution < -0.4 is 5.73 Å². The molecule has 2 aliphatic rings. The molecule has 1 atom stereocenters. The number of alkyl halides is 1. The molecule has 2 aromatic rings. The standard InChI is InChI=1S/C31H43FN4/c1-23(33)30-7-5-6-18-36(30)24(2)26-9-11-27(12-10-26)28-13-15-29(34-21-28)14-8-25-16-19-35(20-17-25)22-31(3,4)32/h9-13,15,21,25,30H,1-2,5-8,14,16-20,22,33H2,3-4H3. The fraction of sp³-hybridized carbons (Fsp3) is 0.516. The highest BCUT2D eigenvalue weighted by molar-refractivity contribution is 5.68. The van der Waals surface area contributed by atoms with Gasteiger partial charge in [-0.25, -0.2) is 4.39 Å². The zero-order valence-corrected chi connectivity index (χ0v) is 22.2. The van der Waals surface area contributed by atoms with Gasteiger partial charge in [0.15, 0.2) is 0 Å². The van der Waals surface area contributed by atoms with Gasteiger partial charge in [0.1, 0.15) is 5.67 Å². The zero-order chi connectivity index (χ0) is 25.7. The van der Waals surface area contributed by atoms with Crippen molar-refractivity contribution in [2.75, 3.05) is 26.2 Å². The number of aromatic nitrogens is 1. The maximum Gasteiger partial charge on any atom is 0.118 e. The van der Waals surface area contributed by atoms with Gasteiger partial charge in [-0.2, -0.15) is 0 Å². The van der Waals surface area contributed by atoms with Gasteiger partial charge in [0, 0.05) is 41.9 Å². The lowest BCUT2D eigenvalue weighted by Crippen LogP contribution is -2.41. The molecule has 5 heteroatoms. The highest BCUT2D eigenvalue weighted by Gasteiger charge is 2.26. The predicted octanol–water partition coefficient (Wildman–Crippen LogP) is 6.44. The summed E-state index contributed by atoms with van der Waals surface area (Å²) in [6, 6.07) is 13.1. The molecule has 4 rings (SSSR count). The first-order valence-electron chi connectivity index (χ1n) is 13.6. The molecule has 0 amide bonds. The Kier molecular flexibility index (Phi) is 8.50. The normalized spacial score (nSPS) is 19.9. The van der Waals surface area contributed by atoms with Crippen LogP contribution in [0.15, 0.2) is 61.4 Å². The first-order chi connectivity index (χ1) is 17.2. The average Bonchev–Trinajstić information content (AvgIpc) is 2.87. The number of halogens is 1. The number of pyridine rings is 1. The number of rotatable bonds is 9. The van der Waals surface area contributed by atoms with E-state index in [4.69, 9.17) is 10.7 Å². The molecule has 3 heterocycles. The maximum absolute atomic E-state index is 13.9. The molecule has 2 aliphatic heterocycles. The SMILES string of the molecule is C=C(N)C1CCCCN1C(=C)c1ccc(-c2ccc(CCC3CCN(CC(C)(C)F)CC3)nc2)cc1. The number of hydrogen-bond acceptors (Lipinski definition) is 4. The van der Waals surface area contributed by atoms with E-state index in [0.717, 1.165) is 91.9 Å². The minimum Gasteiger partial charge on any atom is -0.401 e. The van der Waals surface area contributed by atoms with Crippen LogP contribution in [-0.4, -0.2) is 52.7 Å². The summed E-state index contributed by atoms with van der Waals surface area (Å²) in [4.78, 5) is 9.33. The molecular weight excluding hydrogens is 447 g/mol. The highest BCUT2D eigenvalue weighted by Crippen LogP contribution is 2.30. The van der Waals surface area contributed by atoms with Crippen LogP contribution in [0.25, 0.3) is 16.8 Å². The van der Waals surface area contributed by atoms with Crippen LogP contribution in [0, 0.1) is 5.92 Å². The van der Waals surface area contributed by atoms with Gasteiger partial charge in [-0.05, 0) is 95.0 Å². The van der Waals surface area contributed by atoms with Gasteiger partial charge in [0.25, 0.3) is 0 Å². The fourth-order valence-electron chi connectivity index (χ4n) is 5.72. The predicted molar refractivity (Wildman–Crippen MR) is 149 cm³/mol. The second-order valence-corrected chi connectivity index (χ2v) is 11.3. The monoisotopic (exact) mass is 490 g/mol. The Hall–Kier alpha value is -2.66. The van der Waals surface area contributed by atoms with E-state index < -0.39 is 5.67 Å². The Morgan fingerprint density at radius 1 is 1.00 bits per heavy atom. The second kappa shape index (κ2) is 11.6. The molecule has 194 valence electrons. The minimum atomic E-state index is -1.11. The fourth-order valence-corrected chi connectivity index (χ4v) is 5.72. The van der Waals surface area contributed by atoms with Gasteiger partial charge in [-0.1, -0.05) is 43.5 Å². The lowest BCUT2D eigenvalue weighted by molar-refractivity contribution is 0.0942. The third-order valence-electron chi connectivity index (χ3n) is 7.77. The van der Waals surface area contributed by atoms with E-state index >= 15 is 0 Å². The van der Waals surface area contributed by atoms with Crippen molar-refractivity contribution in [2.45, 2.75) is 70.5 Å². The van der Waals surface area contributed by atoms with Crippen LogP contribution in [0.5, 0.6) is 0 Å². The van der Waals surface area contributed by atoms with Gasteiger partial charge in [-0.3, -0.25) is 4.98 Å². The molecule has 2 saturated heterocycles. The van der Waals surface area contributed by atoms with Crippen LogP contribution in [0.2, 0.25) is 0 Å². The molecule has 0 aliphatic carbocycles. The smallest absolute Gasteiger partial charge is 0.118 e. The molecule has 1 aromatic carbocycles. The van der Waals surface area contributed by atoms with Crippen molar-refractivity contribution >= 4 is 5.70 Å². The van der Waals surface area contributed by atoms with Crippen molar-refractivity contribution in [3.05, 3.63) is 72.7 Å². The van der Waals surface area contributed by atoms with Crippen LogP contribution in [0.4, 0.5) is 4.39 Å². The van der Waals surface area contributed by atoms with Crippen LogP contribution >= 0.6 is 0 Å². The molecule has 2 N–H and O–H groups in total. The molecule has 0 radical (unpaired) electrons. The summed E-state index contributed by atoms with van der Waals surface area (Å²) in [7, 11) is 0. The minimum absolute atomic E-state index is 0.178. The van der Waals surface area contributed by atoms with E-state index in [1.165, 1.54) is 6.42 Å². The summed E-state index contributed by atoms with van der Waals surface area (Å²) in [5.74, 6) is 0.710. The zero-order valence-electron chi connectivity index (χ0n) is 22.2. The molecule has 36 heavy (non-hydrogen) atoms. The quantitative estimate of drug-likeness (QED) is 0.439. The Morgan fingerprint density at radius 2 is 1.69 bits per heavy atom.